The third-order valence-corrected chi connectivity index (χ3v) is 8.06. The zero-order chi connectivity index (χ0) is 23.4. The topological polar surface area (TPSA) is 68.4 Å². The quantitative estimate of drug-likeness (QED) is 0.468. The van der Waals surface area contributed by atoms with E-state index in [2.05, 4.69) is 87.1 Å². The predicted molar refractivity (Wildman–Crippen MR) is 141 cm³/mol. The molecule has 0 bridgehead atoms. The number of hydrazine groups is 1. The lowest BCUT2D eigenvalue weighted by molar-refractivity contribution is -0.118. The number of para-hydroxylation sites is 1. The number of anilines is 3. The third-order valence-electron chi connectivity index (χ3n) is 8.06. The van der Waals surface area contributed by atoms with Crippen molar-refractivity contribution in [3.63, 3.8) is 0 Å². The summed E-state index contributed by atoms with van der Waals surface area (Å²) in [6.45, 7) is 4.21. The minimum absolute atomic E-state index is 0.107. The second kappa shape index (κ2) is 7.97. The van der Waals surface area contributed by atoms with E-state index in [0.29, 0.717) is 0 Å². The average Bonchev–Trinajstić information content (AvgIpc) is 3.44. The van der Waals surface area contributed by atoms with E-state index < -0.39 is 5.41 Å². The molecule has 3 aliphatic heterocycles. The lowest BCUT2D eigenvalue weighted by Crippen LogP contribution is -2.43. The van der Waals surface area contributed by atoms with Crippen molar-refractivity contribution in [3.8, 4) is 0 Å². The molecule has 6 heteroatoms. The summed E-state index contributed by atoms with van der Waals surface area (Å²) in [7, 11) is 0. The first-order chi connectivity index (χ1) is 17.2. The molecule has 0 radical (unpaired) electrons. The molecule has 1 saturated carbocycles. The molecule has 176 valence electrons. The molecule has 1 amide bonds. The average molecular weight is 464 g/mol. The van der Waals surface area contributed by atoms with Crippen LogP contribution in [0.15, 0.2) is 72.8 Å². The van der Waals surface area contributed by atoms with E-state index >= 15 is 0 Å². The van der Waals surface area contributed by atoms with Crippen molar-refractivity contribution in [2.75, 3.05) is 41.8 Å². The van der Waals surface area contributed by atoms with Gasteiger partial charge in [0.1, 0.15) is 0 Å². The van der Waals surface area contributed by atoms with Crippen LogP contribution < -0.4 is 26.4 Å². The molecule has 0 aromatic heterocycles. The summed E-state index contributed by atoms with van der Waals surface area (Å²) in [6, 6.07) is 23.6. The highest BCUT2D eigenvalue weighted by Crippen LogP contribution is 2.65. The summed E-state index contributed by atoms with van der Waals surface area (Å²) in [5, 5.41) is 6.49. The monoisotopic (exact) mass is 463 g/mol. The van der Waals surface area contributed by atoms with Crippen LogP contribution in [0, 0.1) is 0 Å². The van der Waals surface area contributed by atoms with Crippen LogP contribution in [0.2, 0.25) is 0 Å². The number of nitrogens with one attached hydrogen (secondary N) is 4. The molecule has 4 N–H and O–H groups in total. The third kappa shape index (κ3) is 3.36. The van der Waals surface area contributed by atoms with Gasteiger partial charge in [-0.25, -0.2) is 5.43 Å². The van der Waals surface area contributed by atoms with Gasteiger partial charge in [-0.1, -0.05) is 54.6 Å². The van der Waals surface area contributed by atoms with Crippen molar-refractivity contribution in [2.24, 2.45) is 0 Å². The molecule has 2 fully saturated rings. The molecule has 1 spiro atoms. The van der Waals surface area contributed by atoms with E-state index in [1.165, 1.54) is 22.4 Å². The van der Waals surface area contributed by atoms with E-state index in [-0.39, 0.29) is 17.9 Å². The predicted octanol–water partition coefficient (Wildman–Crippen LogP) is 4.16. The fraction of sp³-hybridized carbons (Fsp3) is 0.276. The SMILES string of the molecule is O=C1Nc2ccccc2[C@]12C[C@H]2c1ccc2c(c1)NNC2/C=C/c1ccc(N2CCNCC2)cc1. The van der Waals surface area contributed by atoms with Gasteiger partial charge in [0.25, 0.3) is 0 Å². The fourth-order valence-electron chi connectivity index (χ4n) is 6.03. The Bertz CT molecular complexity index is 1330. The molecule has 3 atom stereocenters. The lowest BCUT2D eigenvalue weighted by atomic mass is 9.91. The molecule has 4 aliphatic rings. The summed E-state index contributed by atoms with van der Waals surface area (Å²) in [4.78, 5) is 15.3. The van der Waals surface area contributed by atoms with Gasteiger partial charge in [0.2, 0.25) is 5.91 Å². The number of carbonyl (C=O) groups excluding carboxylic acids is 1. The van der Waals surface area contributed by atoms with Gasteiger partial charge in [0.05, 0.1) is 17.1 Å². The van der Waals surface area contributed by atoms with Crippen molar-refractivity contribution in [2.45, 2.75) is 23.8 Å². The maximum Gasteiger partial charge on any atom is 0.235 e. The molecule has 7 rings (SSSR count). The van der Waals surface area contributed by atoms with Crippen LogP contribution in [0.5, 0.6) is 0 Å². The largest absolute Gasteiger partial charge is 0.369 e. The summed E-state index contributed by atoms with van der Waals surface area (Å²) in [6.07, 6.45) is 5.26. The second-order valence-corrected chi connectivity index (χ2v) is 10.0. The molecule has 1 aliphatic carbocycles. The lowest BCUT2D eigenvalue weighted by Gasteiger charge is -2.29. The van der Waals surface area contributed by atoms with Crippen LogP contribution in [0.25, 0.3) is 6.08 Å². The van der Waals surface area contributed by atoms with E-state index in [9.17, 15) is 4.79 Å². The smallest absolute Gasteiger partial charge is 0.235 e. The summed E-state index contributed by atoms with van der Waals surface area (Å²) in [5.41, 5.74) is 14.5. The molecule has 1 saturated heterocycles. The Morgan fingerprint density at radius 3 is 2.63 bits per heavy atom. The van der Waals surface area contributed by atoms with Crippen LogP contribution in [0.3, 0.4) is 0 Å². The van der Waals surface area contributed by atoms with Gasteiger partial charge in [-0.3, -0.25) is 4.79 Å². The highest BCUT2D eigenvalue weighted by atomic mass is 16.2. The van der Waals surface area contributed by atoms with Crippen LogP contribution in [-0.2, 0) is 10.2 Å². The Hall–Kier alpha value is -3.61. The first-order valence-electron chi connectivity index (χ1n) is 12.5. The first-order valence-corrected chi connectivity index (χ1v) is 12.5. The number of hydrogen-bond donors (Lipinski definition) is 4. The highest BCUT2D eigenvalue weighted by Gasteiger charge is 2.65. The van der Waals surface area contributed by atoms with Crippen molar-refractivity contribution >= 4 is 29.0 Å². The zero-order valence-electron chi connectivity index (χ0n) is 19.6. The molecular weight excluding hydrogens is 434 g/mol. The zero-order valence-corrected chi connectivity index (χ0v) is 19.6. The molecule has 3 aromatic carbocycles. The van der Waals surface area contributed by atoms with Gasteiger partial charge < -0.3 is 21.0 Å². The fourth-order valence-corrected chi connectivity index (χ4v) is 6.03. The Balaban J connectivity index is 1.07. The summed E-state index contributed by atoms with van der Waals surface area (Å²) >= 11 is 0. The van der Waals surface area contributed by atoms with Crippen LogP contribution in [0.1, 0.15) is 40.6 Å². The second-order valence-electron chi connectivity index (χ2n) is 10.0. The Morgan fingerprint density at radius 2 is 1.77 bits per heavy atom. The molecular formula is C29H29N5O. The number of benzene rings is 3. The first kappa shape index (κ1) is 20.7. The Labute approximate surface area is 205 Å². The molecule has 6 nitrogen and oxygen atoms in total. The van der Waals surface area contributed by atoms with Crippen LogP contribution in [0.4, 0.5) is 17.1 Å². The maximum atomic E-state index is 12.9. The van der Waals surface area contributed by atoms with E-state index in [0.717, 1.165) is 49.5 Å². The summed E-state index contributed by atoms with van der Waals surface area (Å²) < 4.78 is 0. The number of amides is 1. The number of piperazine rings is 1. The van der Waals surface area contributed by atoms with Gasteiger partial charge >= 0.3 is 0 Å². The van der Waals surface area contributed by atoms with Gasteiger partial charge in [-0.15, -0.1) is 0 Å². The molecule has 1 unspecified atom stereocenters. The number of carbonyl (C=O) groups is 1. The highest BCUT2D eigenvalue weighted by molar-refractivity contribution is 6.09. The number of fused-ring (bicyclic) bond motifs is 3. The van der Waals surface area contributed by atoms with Crippen LogP contribution in [-0.4, -0.2) is 32.1 Å². The Morgan fingerprint density at radius 1 is 0.943 bits per heavy atom. The number of rotatable bonds is 4. The minimum atomic E-state index is -0.396. The Kier molecular flexibility index (Phi) is 4.72. The van der Waals surface area contributed by atoms with E-state index in [4.69, 9.17) is 0 Å². The standard InChI is InChI=1S/C29H29N5O/c35-28-29(23-3-1-2-4-26(23)31-28)18-24(29)20-8-11-22-25(32-33-27(22)17-20)12-7-19-5-9-21(10-6-19)34-15-13-30-14-16-34/h1-12,17,24-25,30,32-33H,13-16,18H2,(H,31,35)/b12-7+/t24-,25?,29-/m0/s1. The molecule has 3 aromatic rings. The summed E-state index contributed by atoms with van der Waals surface area (Å²) in [5.74, 6) is 0.362. The van der Waals surface area contributed by atoms with Crippen molar-refractivity contribution < 1.29 is 4.79 Å². The van der Waals surface area contributed by atoms with Crippen molar-refractivity contribution in [1.82, 2.24) is 10.7 Å². The molecule has 3 heterocycles. The van der Waals surface area contributed by atoms with Gasteiger partial charge in [0.15, 0.2) is 0 Å². The normalized spacial score (nSPS) is 26.5. The van der Waals surface area contributed by atoms with Crippen molar-refractivity contribution in [3.05, 3.63) is 95.1 Å². The molecule has 35 heavy (non-hydrogen) atoms. The van der Waals surface area contributed by atoms with Crippen molar-refractivity contribution in [1.29, 1.82) is 0 Å². The number of hydrogen-bond acceptors (Lipinski definition) is 5. The van der Waals surface area contributed by atoms with E-state index in [1.807, 2.05) is 18.2 Å². The van der Waals surface area contributed by atoms with Gasteiger partial charge in [0, 0.05) is 43.5 Å². The van der Waals surface area contributed by atoms with Gasteiger partial charge in [-0.2, -0.15) is 0 Å². The minimum Gasteiger partial charge on any atom is -0.369 e. The maximum absolute atomic E-state index is 12.9. The van der Waals surface area contributed by atoms with Crippen LogP contribution >= 0.6 is 0 Å². The van der Waals surface area contributed by atoms with Gasteiger partial charge in [-0.05, 0) is 52.9 Å². The van der Waals surface area contributed by atoms with E-state index in [1.54, 1.807) is 0 Å². The number of nitrogens with zero attached hydrogens (tertiary/aromatic N) is 1.